The van der Waals surface area contributed by atoms with Crippen molar-refractivity contribution in [2.45, 2.75) is 30.9 Å². The monoisotopic (exact) mass is 569 g/mol. The predicted molar refractivity (Wildman–Crippen MR) is 145 cm³/mol. The molecule has 0 aromatic heterocycles. The maximum Gasteiger partial charge on any atom is 0.330 e. The zero-order valence-corrected chi connectivity index (χ0v) is 23.5. The average molecular weight is 570 g/mol. The minimum absolute atomic E-state index is 0.0589. The van der Waals surface area contributed by atoms with Crippen LogP contribution in [0.4, 0.5) is 0 Å². The number of phenols is 1. The summed E-state index contributed by atoms with van der Waals surface area (Å²) in [7, 11) is 6.86. The Morgan fingerprint density at radius 1 is 1.12 bits per heavy atom. The van der Waals surface area contributed by atoms with Crippen molar-refractivity contribution in [3.63, 3.8) is 0 Å². The van der Waals surface area contributed by atoms with Crippen LogP contribution < -0.4 is 5.73 Å². The Morgan fingerprint density at radius 3 is 2.41 bits per heavy atom. The van der Waals surface area contributed by atoms with Gasteiger partial charge in [0.15, 0.2) is 34.7 Å². The summed E-state index contributed by atoms with van der Waals surface area (Å²) in [6, 6.07) is 1.62. The fourth-order valence-corrected chi connectivity index (χ4v) is 6.54. The zero-order chi connectivity index (χ0) is 30.4. The number of hydrogen-bond donors (Lipinski definition) is 3. The van der Waals surface area contributed by atoms with Gasteiger partial charge in [0.25, 0.3) is 0 Å². The smallest absolute Gasteiger partial charge is 0.330 e. The minimum atomic E-state index is -2.78. The molecule has 2 saturated carbocycles. The molecule has 0 bridgehead atoms. The number of aliphatic hydroxyl groups is 1. The fourth-order valence-electron chi connectivity index (χ4n) is 6.54. The zero-order valence-electron chi connectivity index (χ0n) is 23.5. The lowest BCUT2D eigenvalue weighted by Crippen LogP contribution is -2.74. The highest BCUT2D eigenvalue weighted by atomic mass is 16.5. The number of aromatic hydroxyl groups is 1. The lowest BCUT2D eigenvalue weighted by atomic mass is 9.52. The molecule has 0 saturated heterocycles. The molecule has 6 atom stereocenters. The summed E-state index contributed by atoms with van der Waals surface area (Å²) in [4.78, 5) is 81.8. The predicted octanol–water partition coefficient (Wildman–Crippen LogP) is -0.625. The first-order valence-electron chi connectivity index (χ1n) is 13.4. The standard InChI is InChI=1S/C29H35N3O9/c1-31(2)10-5-11-41-19(34)9-7-14-6-8-18(33)21-16(14)12-15-13-17-23(32(3)4)25(36)22(28(30)39)27(38)29(17,40)26(37)20(15)24(21)35/h6-9,15,17,20,22-23,33,40H,5,10-13H2,1-4H3,(H2,30,39)/t15-,17-,20?,22?,23-,29-/m1/s1. The van der Waals surface area contributed by atoms with Crippen LogP contribution >= 0.6 is 0 Å². The van der Waals surface area contributed by atoms with Crippen LogP contribution in [0.1, 0.15) is 34.3 Å². The number of fused-ring (bicyclic) bond motifs is 3. The second-order valence-corrected chi connectivity index (χ2v) is 11.5. The van der Waals surface area contributed by atoms with Gasteiger partial charge in [-0.2, -0.15) is 0 Å². The maximum absolute atomic E-state index is 13.8. The number of primary amides is 1. The largest absolute Gasteiger partial charge is 0.507 e. The molecule has 4 N–H and O–H groups in total. The molecule has 12 nitrogen and oxygen atoms in total. The Kier molecular flexibility index (Phi) is 8.30. The molecule has 1 aromatic carbocycles. The van der Waals surface area contributed by atoms with Crippen molar-refractivity contribution in [1.29, 1.82) is 0 Å². The third-order valence-electron chi connectivity index (χ3n) is 8.37. The van der Waals surface area contributed by atoms with Gasteiger partial charge in [-0.3, -0.25) is 28.9 Å². The number of hydrogen-bond acceptors (Lipinski definition) is 11. The average Bonchev–Trinajstić information content (AvgIpc) is 2.87. The molecule has 2 fully saturated rings. The number of amides is 1. The molecule has 1 aromatic rings. The SMILES string of the molecule is CN(C)CCCOC(=O)C=Cc1ccc(O)c2c1C[C@@H]1C[C@@H]3[C@@H](N(C)C)C(=O)C(C(N)=O)C(=O)[C@]3(O)C(=O)C1C2=O. The van der Waals surface area contributed by atoms with Gasteiger partial charge < -0.3 is 25.6 Å². The molecule has 41 heavy (non-hydrogen) atoms. The topological polar surface area (TPSA) is 185 Å². The molecule has 0 heterocycles. The Bertz CT molecular complexity index is 1350. The van der Waals surface area contributed by atoms with Gasteiger partial charge in [0.1, 0.15) is 5.75 Å². The summed E-state index contributed by atoms with van der Waals surface area (Å²) in [6.45, 7) is 0.974. The van der Waals surface area contributed by atoms with E-state index in [9.17, 15) is 39.0 Å². The van der Waals surface area contributed by atoms with Gasteiger partial charge in [0.05, 0.1) is 24.1 Å². The molecule has 12 heteroatoms. The molecule has 220 valence electrons. The van der Waals surface area contributed by atoms with Crippen LogP contribution in [0.15, 0.2) is 18.2 Å². The number of rotatable bonds is 8. The molecule has 0 radical (unpaired) electrons. The van der Waals surface area contributed by atoms with Crippen LogP contribution in [0.25, 0.3) is 6.08 Å². The molecule has 1 amide bonds. The summed E-state index contributed by atoms with van der Waals surface area (Å²) in [6.07, 6.45) is 3.37. The highest BCUT2D eigenvalue weighted by Crippen LogP contribution is 2.51. The number of esters is 1. The van der Waals surface area contributed by atoms with E-state index in [1.54, 1.807) is 0 Å². The van der Waals surface area contributed by atoms with E-state index in [2.05, 4.69) is 0 Å². The van der Waals surface area contributed by atoms with E-state index in [0.29, 0.717) is 17.5 Å². The van der Waals surface area contributed by atoms with Crippen molar-refractivity contribution in [2.75, 3.05) is 41.3 Å². The summed E-state index contributed by atoms with van der Waals surface area (Å²) in [5, 5.41) is 22.2. The quantitative estimate of drug-likeness (QED) is 0.157. The van der Waals surface area contributed by atoms with Crippen LogP contribution in [0, 0.1) is 23.7 Å². The van der Waals surface area contributed by atoms with E-state index in [1.165, 1.54) is 43.3 Å². The molecule has 4 rings (SSSR count). The van der Waals surface area contributed by atoms with Gasteiger partial charge >= 0.3 is 5.97 Å². The molecule has 3 aliphatic rings. The number of nitrogens with two attached hydrogens (primary N) is 1. The first-order valence-corrected chi connectivity index (χ1v) is 13.4. The molecule has 3 aliphatic carbocycles. The Hall–Kier alpha value is -3.74. The van der Waals surface area contributed by atoms with Gasteiger partial charge in [0, 0.05) is 18.5 Å². The highest BCUT2D eigenvalue weighted by Gasteiger charge is 2.69. The van der Waals surface area contributed by atoms with Gasteiger partial charge in [-0.15, -0.1) is 0 Å². The van der Waals surface area contributed by atoms with Crippen LogP contribution in [0.3, 0.4) is 0 Å². The van der Waals surface area contributed by atoms with Crippen LogP contribution in [0.2, 0.25) is 0 Å². The van der Waals surface area contributed by atoms with Crippen molar-refractivity contribution in [2.24, 2.45) is 29.4 Å². The van der Waals surface area contributed by atoms with Crippen LogP contribution in [-0.2, 0) is 35.1 Å². The third-order valence-corrected chi connectivity index (χ3v) is 8.37. The first kappa shape index (κ1) is 30.2. The number of ether oxygens (including phenoxy) is 1. The third kappa shape index (κ3) is 5.11. The second kappa shape index (κ2) is 11.3. The fraction of sp³-hybridized carbons (Fsp3) is 0.517. The minimum Gasteiger partial charge on any atom is -0.507 e. The number of ketones is 4. The van der Waals surface area contributed by atoms with Gasteiger partial charge in [-0.25, -0.2) is 4.79 Å². The van der Waals surface area contributed by atoms with Crippen molar-refractivity contribution in [3.8, 4) is 5.75 Å². The van der Waals surface area contributed by atoms with E-state index in [0.717, 1.165) is 6.54 Å². The van der Waals surface area contributed by atoms with Gasteiger partial charge in [-0.1, -0.05) is 6.07 Å². The molecule has 0 spiro atoms. The van der Waals surface area contributed by atoms with E-state index >= 15 is 0 Å². The number of phenolic OH excluding ortho intramolecular Hbond substituents is 1. The number of Topliss-reactive ketones (excluding diaryl/α,β-unsaturated/α-hetero) is 4. The van der Waals surface area contributed by atoms with Gasteiger partial charge in [-0.05, 0) is 76.6 Å². The molecule has 2 unspecified atom stereocenters. The summed E-state index contributed by atoms with van der Waals surface area (Å²) >= 11 is 0. The Labute approximate surface area is 237 Å². The summed E-state index contributed by atoms with van der Waals surface area (Å²) in [5.74, 6) is -11.7. The lowest BCUT2D eigenvalue weighted by molar-refractivity contribution is -0.181. The number of carbonyl (C=O) groups is 6. The van der Waals surface area contributed by atoms with E-state index in [1.807, 2.05) is 19.0 Å². The van der Waals surface area contributed by atoms with E-state index in [-0.39, 0.29) is 30.8 Å². The molecule has 0 aliphatic heterocycles. The highest BCUT2D eigenvalue weighted by molar-refractivity contribution is 6.32. The second-order valence-electron chi connectivity index (χ2n) is 11.5. The number of likely N-dealkylation sites (N-methyl/N-ethyl adjacent to an activating group) is 1. The van der Waals surface area contributed by atoms with Crippen molar-refractivity contribution < 1.29 is 43.7 Å². The Morgan fingerprint density at radius 2 is 1.80 bits per heavy atom. The number of carbonyl (C=O) groups excluding carboxylic acids is 6. The van der Waals surface area contributed by atoms with Crippen molar-refractivity contribution in [3.05, 3.63) is 34.9 Å². The number of nitrogens with zero attached hydrogens (tertiary/aromatic N) is 2. The van der Waals surface area contributed by atoms with Crippen LogP contribution in [0.5, 0.6) is 5.75 Å². The first-order chi connectivity index (χ1) is 19.2. The van der Waals surface area contributed by atoms with Crippen molar-refractivity contribution in [1.82, 2.24) is 9.80 Å². The van der Waals surface area contributed by atoms with Gasteiger partial charge in [0.2, 0.25) is 5.91 Å². The number of benzene rings is 1. The van der Waals surface area contributed by atoms with E-state index < -0.39 is 70.3 Å². The Balaban J connectivity index is 1.69. The molecular weight excluding hydrogens is 534 g/mol. The van der Waals surface area contributed by atoms with E-state index in [4.69, 9.17) is 10.5 Å². The van der Waals surface area contributed by atoms with Crippen molar-refractivity contribution >= 4 is 41.1 Å². The summed E-state index contributed by atoms with van der Waals surface area (Å²) in [5.41, 5.74) is 3.26. The molecular formula is C29H35N3O9. The van der Waals surface area contributed by atoms with Crippen LogP contribution in [-0.4, -0.2) is 108 Å². The summed E-state index contributed by atoms with van der Waals surface area (Å²) < 4.78 is 5.21. The normalized spacial score (nSPS) is 29.5. The lowest BCUT2D eigenvalue weighted by Gasteiger charge is -2.52. The maximum atomic E-state index is 13.8.